The van der Waals surface area contributed by atoms with Crippen LogP contribution in [0.2, 0.25) is 0 Å². The molecule has 3 aromatic rings. The molecule has 0 fully saturated rings. The largest absolute Gasteiger partial charge is 0.497 e. The second-order valence-corrected chi connectivity index (χ2v) is 11.8. The van der Waals surface area contributed by atoms with E-state index in [4.69, 9.17) is 38.3 Å². The van der Waals surface area contributed by atoms with Crippen LogP contribution in [0.4, 0.5) is 5.69 Å². The van der Waals surface area contributed by atoms with E-state index in [9.17, 15) is 4.79 Å². The number of ether oxygens (including phenoxy) is 7. The molecule has 1 N–H and O–H groups in total. The number of hydrogen-bond acceptors (Lipinski definition) is 10. The Bertz CT molecular complexity index is 1560. The van der Waals surface area contributed by atoms with Gasteiger partial charge >= 0.3 is 0 Å². The Hall–Kier alpha value is -3.91. The number of fused-ring (bicyclic) bond motifs is 4. The molecule has 3 atom stereocenters. The summed E-state index contributed by atoms with van der Waals surface area (Å²) in [5.74, 6) is 2.24. The number of nitrogens with zero attached hydrogens (tertiary/aromatic N) is 2. The molecule has 1 amide bonds. The van der Waals surface area contributed by atoms with Crippen molar-refractivity contribution in [3.63, 3.8) is 0 Å². The lowest BCUT2D eigenvalue weighted by Crippen LogP contribution is -2.46. The monoisotopic (exact) mass is 729 g/mol. The van der Waals surface area contributed by atoms with Gasteiger partial charge in [-0.1, -0.05) is 22.6 Å². The van der Waals surface area contributed by atoms with Crippen LogP contribution in [0.15, 0.2) is 53.6 Å². The molecule has 0 saturated carbocycles. The Kier molecular flexibility index (Phi) is 9.40. The minimum Gasteiger partial charge on any atom is -0.497 e. The van der Waals surface area contributed by atoms with Crippen LogP contribution >= 0.6 is 22.6 Å². The van der Waals surface area contributed by atoms with Gasteiger partial charge in [0.2, 0.25) is 18.4 Å². The second-order valence-electron chi connectivity index (χ2n) is 10.7. The Morgan fingerprint density at radius 1 is 0.956 bits per heavy atom. The van der Waals surface area contributed by atoms with Crippen LogP contribution in [0.3, 0.4) is 0 Å². The lowest BCUT2D eigenvalue weighted by molar-refractivity contribution is -0.126. The first-order chi connectivity index (χ1) is 22.0. The smallest absolute Gasteiger partial charge is 0.231 e. The highest BCUT2D eigenvalue weighted by Crippen LogP contribution is 2.52. The van der Waals surface area contributed by atoms with Crippen molar-refractivity contribution in [2.45, 2.75) is 5.92 Å². The summed E-state index contributed by atoms with van der Waals surface area (Å²) < 4.78 is 40.6. The molecule has 11 nitrogen and oxygen atoms in total. The molecular formula is C33H36IN3O8. The van der Waals surface area contributed by atoms with E-state index in [1.54, 1.807) is 28.4 Å². The predicted octanol–water partition coefficient (Wildman–Crippen LogP) is 4.62. The first-order valence-electron chi connectivity index (χ1n) is 14.7. The molecule has 45 heavy (non-hydrogen) atoms. The van der Waals surface area contributed by atoms with Crippen molar-refractivity contribution in [1.82, 2.24) is 5.32 Å². The number of alkyl halides is 1. The summed E-state index contributed by atoms with van der Waals surface area (Å²) in [4.78, 5) is 14.4. The van der Waals surface area contributed by atoms with Gasteiger partial charge in [0.1, 0.15) is 5.75 Å². The molecule has 0 spiro atoms. The van der Waals surface area contributed by atoms with Gasteiger partial charge in [-0.3, -0.25) is 9.80 Å². The molecule has 238 valence electrons. The van der Waals surface area contributed by atoms with Crippen LogP contribution in [-0.4, -0.2) is 77.6 Å². The molecule has 2 heterocycles. The SMILES string of the molecule is COc1ccc(N2C[C@@H]3C(=N2)c2cc4c(cc2[C@@H](c2cc(OC)c(OC)c(OC)c2)[C@H]3C(=O)NCCOCCI)OCO4)cc1. The predicted molar refractivity (Wildman–Crippen MR) is 177 cm³/mol. The van der Waals surface area contributed by atoms with Gasteiger partial charge in [0.25, 0.3) is 0 Å². The van der Waals surface area contributed by atoms with Crippen molar-refractivity contribution in [1.29, 1.82) is 0 Å². The minimum atomic E-state index is -0.535. The molecule has 0 saturated heterocycles. The summed E-state index contributed by atoms with van der Waals surface area (Å²) in [5, 5.41) is 10.2. The number of amides is 1. The number of hydrogen-bond donors (Lipinski definition) is 1. The number of benzene rings is 3. The zero-order valence-corrected chi connectivity index (χ0v) is 27.8. The highest BCUT2D eigenvalue weighted by Gasteiger charge is 2.49. The van der Waals surface area contributed by atoms with E-state index in [1.807, 2.05) is 53.5 Å². The van der Waals surface area contributed by atoms with Gasteiger partial charge in [0.15, 0.2) is 23.0 Å². The highest BCUT2D eigenvalue weighted by molar-refractivity contribution is 14.1. The fourth-order valence-corrected chi connectivity index (χ4v) is 6.67. The van der Waals surface area contributed by atoms with Crippen molar-refractivity contribution in [2.75, 3.05) is 71.0 Å². The lowest BCUT2D eigenvalue weighted by atomic mass is 9.65. The molecule has 6 rings (SSSR count). The summed E-state index contributed by atoms with van der Waals surface area (Å²) in [7, 11) is 6.38. The van der Waals surface area contributed by atoms with E-state index in [0.29, 0.717) is 55.1 Å². The lowest BCUT2D eigenvalue weighted by Gasteiger charge is -2.38. The second kappa shape index (κ2) is 13.6. The molecule has 3 aromatic carbocycles. The van der Waals surface area contributed by atoms with Crippen molar-refractivity contribution in [3.8, 4) is 34.5 Å². The van der Waals surface area contributed by atoms with E-state index >= 15 is 0 Å². The zero-order chi connectivity index (χ0) is 31.5. The average Bonchev–Trinajstić information content (AvgIpc) is 3.73. The van der Waals surface area contributed by atoms with Gasteiger partial charge in [-0.2, -0.15) is 5.10 Å². The highest BCUT2D eigenvalue weighted by atomic mass is 127. The third kappa shape index (κ3) is 5.92. The molecule has 2 aliphatic heterocycles. The van der Waals surface area contributed by atoms with Crippen molar-refractivity contribution in [2.24, 2.45) is 16.9 Å². The van der Waals surface area contributed by atoms with Gasteiger partial charge in [-0.25, -0.2) is 0 Å². The summed E-state index contributed by atoms with van der Waals surface area (Å²) in [6.45, 7) is 2.07. The fraction of sp³-hybridized carbons (Fsp3) is 0.394. The number of carbonyl (C=O) groups excluding carboxylic acids is 1. The van der Waals surface area contributed by atoms with Crippen molar-refractivity contribution in [3.05, 3.63) is 65.2 Å². The third-order valence-electron chi connectivity index (χ3n) is 8.38. The number of anilines is 1. The van der Waals surface area contributed by atoms with Crippen molar-refractivity contribution >= 4 is 39.9 Å². The maximum atomic E-state index is 14.4. The van der Waals surface area contributed by atoms with Crippen LogP contribution in [0.5, 0.6) is 34.5 Å². The standard InChI is InChI=1S/C33H36IN3O8/c1-39-21-7-5-20(6-8-21)37-17-24-30(33(38)35-10-12-43-11-9-34)29(19-13-27(40-2)32(42-4)28(14-19)41-3)22-15-25-26(45-18-44-25)16-23(22)31(24)36-37/h5-8,13-16,24,29-30H,9-12,17-18H2,1-4H3,(H,35,38)/t24-,29+,30-/m0/s1. The number of halogens is 1. The number of carbonyl (C=O) groups is 1. The molecule has 0 bridgehead atoms. The minimum absolute atomic E-state index is 0.0931. The Morgan fingerprint density at radius 3 is 2.31 bits per heavy atom. The molecule has 12 heteroatoms. The molecular weight excluding hydrogens is 693 g/mol. The van der Waals surface area contributed by atoms with Crippen LogP contribution in [0.25, 0.3) is 0 Å². The van der Waals surface area contributed by atoms with Crippen LogP contribution in [0, 0.1) is 11.8 Å². The normalized spacial score (nSPS) is 19.4. The summed E-state index contributed by atoms with van der Waals surface area (Å²) in [5.41, 5.74) is 4.38. The first-order valence-corrected chi connectivity index (χ1v) is 16.2. The van der Waals surface area contributed by atoms with Gasteiger partial charge in [0, 0.05) is 28.4 Å². The summed E-state index contributed by atoms with van der Waals surface area (Å²) >= 11 is 2.27. The van der Waals surface area contributed by atoms with Crippen LogP contribution in [-0.2, 0) is 9.53 Å². The zero-order valence-electron chi connectivity index (χ0n) is 25.6. The van der Waals surface area contributed by atoms with E-state index in [2.05, 4.69) is 27.9 Å². The molecule has 0 unspecified atom stereocenters. The van der Waals surface area contributed by atoms with E-state index in [0.717, 1.165) is 38.3 Å². The Balaban J connectivity index is 1.49. The summed E-state index contributed by atoms with van der Waals surface area (Å²) in [6.07, 6.45) is 0. The van der Waals surface area contributed by atoms with E-state index in [-0.39, 0.29) is 18.6 Å². The maximum Gasteiger partial charge on any atom is 0.231 e. The quantitative estimate of drug-likeness (QED) is 0.162. The molecule has 0 aromatic heterocycles. The van der Waals surface area contributed by atoms with E-state index in [1.165, 1.54) is 0 Å². The maximum absolute atomic E-state index is 14.4. The molecule has 0 radical (unpaired) electrons. The van der Waals surface area contributed by atoms with Crippen molar-refractivity contribution < 1.29 is 38.0 Å². The number of hydrazone groups is 1. The fourth-order valence-electron chi connectivity index (χ4n) is 6.36. The molecule has 1 aliphatic carbocycles. The number of nitrogens with one attached hydrogen (secondary N) is 1. The van der Waals surface area contributed by atoms with Gasteiger partial charge in [-0.15, -0.1) is 0 Å². The molecule has 3 aliphatic rings. The summed E-state index contributed by atoms with van der Waals surface area (Å²) in [6, 6.07) is 15.5. The van der Waals surface area contributed by atoms with Crippen LogP contribution < -0.4 is 38.7 Å². The topological polar surface area (TPSA) is 109 Å². The third-order valence-corrected chi connectivity index (χ3v) is 8.82. The van der Waals surface area contributed by atoms with Crippen LogP contribution in [0.1, 0.15) is 22.6 Å². The van der Waals surface area contributed by atoms with E-state index < -0.39 is 11.8 Å². The first kappa shape index (κ1) is 31.1. The van der Waals surface area contributed by atoms with Gasteiger partial charge in [0.05, 0.1) is 65.5 Å². The number of rotatable bonds is 12. The van der Waals surface area contributed by atoms with Gasteiger partial charge in [-0.05, 0) is 59.7 Å². The average molecular weight is 730 g/mol. The Morgan fingerprint density at radius 2 is 1.67 bits per heavy atom. The van der Waals surface area contributed by atoms with Gasteiger partial charge < -0.3 is 38.5 Å². The number of methoxy groups -OCH3 is 4. The Labute approximate surface area is 275 Å².